The highest BCUT2D eigenvalue weighted by Crippen LogP contribution is 2.33. The Kier molecular flexibility index (Phi) is 4.61. The summed E-state index contributed by atoms with van der Waals surface area (Å²) < 4.78 is 12.9. The summed E-state index contributed by atoms with van der Waals surface area (Å²) >= 11 is 3.45. The van der Waals surface area contributed by atoms with E-state index in [-0.39, 0.29) is 5.69 Å². The number of benzene rings is 2. The van der Waals surface area contributed by atoms with Crippen molar-refractivity contribution < 1.29 is 9.15 Å². The molecule has 0 aliphatic rings. The van der Waals surface area contributed by atoms with Crippen molar-refractivity contribution in [2.45, 2.75) is 11.9 Å². The predicted molar refractivity (Wildman–Crippen MR) is 106 cm³/mol. The minimum absolute atomic E-state index is 0.305. The van der Waals surface area contributed by atoms with Crippen LogP contribution in [0.5, 0.6) is 0 Å². The van der Waals surface area contributed by atoms with Gasteiger partial charge in [-0.15, -0.1) is 0 Å². The molecule has 0 aliphatic carbocycles. The van der Waals surface area contributed by atoms with Crippen molar-refractivity contribution in [3.05, 3.63) is 64.6 Å². The number of ether oxygens (including phenoxy) is 1. The summed E-state index contributed by atoms with van der Waals surface area (Å²) in [5.41, 5.74) is 4.39. The first-order valence-corrected chi connectivity index (χ1v) is 9.41. The number of hydrogen-bond acceptors (Lipinski definition) is 4. The van der Waals surface area contributed by atoms with Crippen LogP contribution in [0.15, 0.2) is 57.7 Å². The van der Waals surface area contributed by atoms with E-state index in [1.54, 1.807) is 11.7 Å². The largest absolute Gasteiger partial charge is 0.452 e. The number of para-hydroxylation sites is 1. The fraction of sp³-hybridized carbons (Fsp3) is 0.200. The Morgan fingerprint density at radius 1 is 1.15 bits per heavy atom. The third-order valence-electron chi connectivity index (χ3n) is 4.39. The Hall–Kier alpha value is -2.44. The van der Waals surface area contributed by atoms with E-state index in [0.717, 1.165) is 32.9 Å². The fourth-order valence-corrected chi connectivity index (χ4v) is 3.47. The van der Waals surface area contributed by atoms with Gasteiger partial charge in [-0.3, -0.25) is 4.57 Å². The maximum atomic E-state index is 12.7. The molecule has 26 heavy (non-hydrogen) atoms. The van der Waals surface area contributed by atoms with Gasteiger partial charge < -0.3 is 9.15 Å². The highest BCUT2D eigenvalue weighted by Gasteiger charge is 2.19. The molecule has 0 radical (unpaired) electrons. The fourth-order valence-electron chi connectivity index (χ4n) is 3.10. The van der Waals surface area contributed by atoms with Gasteiger partial charge in [0.05, 0.1) is 13.2 Å². The van der Waals surface area contributed by atoms with Crippen LogP contribution in [-0.2, 0) is 16.6 Å². The van der Waals surface area contributed by atoms with E-state index < -0.39 is 0 Å². The zero-order valence-corrected chi connectivity index (χ0v) is 15.8. The van der Waals surface area contributed by atoms with Gasteiger partial charge in [-0.05, 0) is 17.7 Å². The third kappa shape index (κ3) is 2.85. The van der Waals surface area contributed by atoms with Crippen molar-refractivity contribution in [2.75, 3.05) is 13.7 Å². The zero-order chi connectivity index (χ0) is 18.1. The molecule has 0 saturated carbocycles. The highest BCUT2D eigenvalue weighted by atomic mass is 79.9. The van der Waals surface area contributed by atoms with Crippen molar-refractivity contribution in [1.82, 2.24) is 9.55 Å². The standard InChI is InChI=1S/C20H17BrN2O3/c1-25-11-10-23-18-15-4-2-3-5-16(15)26-19(18)17(22-20(23)24)14-8-6-13(12-21)7-9-14/h2-9H,10-12H2,1H3. The van der Waals surface area contributed by atoms with Crippen molar-refractivity contribution in [1.29, 1.82) is 0 Å². The number of nitrogens with zero attached hydrogens (tertiary/aromatic N) is 2. The molecule has 0 saturated heterocycles. The van der Waals surface area contributed by atoms with Crippen molar-refractivity contribution in [3.63, 3.8) is 0 Å². The minimum atomic E-state index is -0.305. The normalized spacial score (nSPS) is 11.5. The molecule has 132 valence electrons. The lowest BCUT2D eigenvalue weighted by molar-refractivity contribution is 0.187. The molecule has 0 N–H and O–H groups in total. The lowest BCUT2D eigenvalue weighted by atomic mass is 10.1. The lowest BCUT2D eigenvalue weighted by Crippen LogP contribution is -2.25. The SMILES string of the molecule is COCCn1c(=O)nc(-c2ccc(CBr)cc2)c2oc3ccccc3c21. The molecule has 0 atom stereocenters. The number of methoxy groups -OCH3 is 1. The molecule has 0 spiro atoms. The highest BCUT2D eigenvalue weighted by molar-refractivity contribution is 9.08. The van der Waals surface area contributed by atoms with Gasteiger partial charge in [-0.25, -0.2) is 4.79 Å². The molecule has 0 fully saturated rings. The minimum Gasteiger partial charge on any atom is -0.452 e. The Balaban J connectivity index is 2.03. The molecule has 0 bridgehead atoms. The Morgan fingerprint density at radius 3 is 2.65 bits per heavy atom. The van der Waals surface area contributed by atoms with E-state index >= 15 is 0 Å². The molecule has 2 aromatic heterocycles. The maximum absolute atomic E-state index is 12.7. The predicted octanol–water partition coefficient (Wildman–Crippen LogP) is 4.35. The first-order valence-electron chi connectivity index (χ1n) is 8.29. The second-order valence-electron chi connectivity index (χ2n) is 5.99. The molecule has 4 aromatic rings. The van der Waals surface area contributed by atoms with Crippen LogP contribution in [0.4, 0.5) is 0 Å². The van der Waals surface area contributed by atoms with Crippen LogP contribution in [0, 0.1) is 0 Å². The second-order valence-corrected chi connectivity index (χ2v) is 6.55. The summed E-state index contributed by atoms with van der Waals surface area (Å²) in [6.45, 7) is 0.848. The summed E-state index contributed by atoms with van der Waals surface area (Å²) in [4.78, 5) is 17.1. The lowest BCUT2D eigenvalue weighted by Gasteiger charge is -2.09. The summed E-state index contributed by atoms with van der Waals surface area (Å²) in [6, 6.07) is 15.7. The van der Waals surface area contributed by atoms with Crippen LogP contribution in [0.1, 0.15) is 5.56 Å². The molecule has 0 aliphatic heterocycles. The van der Waals surface area contributed by atoms with Crippen molar-refractivity contribution in [3.8, 4) is 11.3 Å². The van der Waals surface area contributed by atoms with Crippen molar-refractivity contribution >= 4 is 38.0 Å². The first kappa shape index (κ1) is 17.0. The molecule has 2 aromatic carbocycles. The second kappa shape index (κ2) is 7.05. The van der Waals surface area contributed by atoms with Gasteiger partial charge in [-0.2, -0.15) is 4.98 Å². The van der Waals surface area contributed by atoms with Crippen molar-refractivity contribution in [2.24, 2.45) is 0 Å². The van der Waals surface area contributed by atoms with Crippen LogP contribution in [0.25, 0.3) is 33.3 Å². The first-order chi connectivity index (χ1) is 12.7. The van der Waals surface area contributed by atoms with E-state index in [4.69, 9.17) is 9.15 Å². The van der Waals surface area contributed by atoms with Crippen LogP contribution in [0.3, 0.4) is 0 Å². The number of aromatic nitrogens is 2. The number of furan rings is 1. The van der Waals surface area contributed by atoms with Crippen LogP contribution in [0.2, 0.25) is 0 Å². The van der Waals surface area contributed by atoms with Gasteiger partial charge in [0, 0.05) is 23.4 Å². The molecular weight excluding hydrogens is 396 g/mol. The summed E-state index contributed by atoms with van der Waals surface area (Å²) in [7, 11) is 1.61. The molecule has 2 heterocycles. The number of fused-ring (bicyclic) bond motifs is 3. The van der Waals surface area contributed by atoms with E-state index in [0.29, 0.717) is 24.4 Å². The summed E-state index contributed by atoms with van der Waals surface area (Å²) in [6.07, 6.45) is 0. The number of rotatable bonds is 5. The third-order valence-corrected chi connectivity index (χ3v) is 5.04. The molecule has 4 rings (SSSR count). The number of alkyl halides is 1. The molecule has 6 heteroatoms. The quantitative estimate of drug-likeness (QED) is 0.457. The number of hydrogen-bond donors (Lipinski definition) is 0. The Morgan fingerprint density at radius 2 is 1.92 bits per heavy atom. The molecular formula is C20H17BrN2O3. The average molecular weight is 413 g/mol. The average Bonchev–Trinajstić information content (AvgIpc) is 3.06. The van der Waals surface area contributed by atoms with Crippen LogP contribution >= 0.6 is 15.9 Å². The summed E-state index contributed by atoms with van der Waals surface area (Å²) in [5, 5.41) is 1.68. The molecule has 0 unspecified atom stereocenters. The van der Waals surface area contributed by atoms with E-state index in [1.165, 1.54) is 0 Å². The van der Waals surface area contributed by atoms with Gasteiger partial charge in [-0.1, -0.05) is 52.3 Å². The van der Waals surface area contributed by atoms with Gasteiger partial charge in [0.2, 0.25) is 0 Å². The van der Waals surface area contributed by atoms with Gasteiger partial charge in [0.1, 0.15) is 16.8 Å². The van der Waals surface area contributed by atoms with E-state index in [9.17, 15) is 4.79 Å². The molecule has 0 amide bonds. The Labute approximate surface area is 158 Å². The zero-order valence-electron chi connectivity index (χ0n) is 14.2. The van der Waals surface area contributed by atoms with Crippen LogP contribution in [-0.4, -0.2) is 23.3 Å². The van der Waals surface area contributed by atoms with Gasteiger partial charge in [0.15, 0.2) is 5.58 Å². The van der Waals surface area contributed by atoms with E-state index in [1.807, 2.05) is 48.5 Å². The van der Waals surface area contributed by atoms with Crippen LogP contribution < -0.4 is 5.69 Å². The van der Waals surface area contributed by atoms with E-state index in [2.05, 4.69) is 20.9 Å². The van der Waals surface area contributed by atoms with Gasteiger partial charge in [0.25, 0.3) is 0 Å². The monoisotopic (exact) mass is 412 g/mol. The Bertz CT molecular complexity index is 1130. The maximum Gasteiger partial charge on any atom is 0.348 e. The summed E-state index contributed by atoms with van der Waals surface area (Å²) in [5.74, 6) is 0. The van der Waals surface area contributed by atoms with Gasteiger partial charge >= 0.3 is 5.69 Å². The topological polar surface area (TPSA) is 57.3 Å². The molecule has 5 nitrogen and oxygen atoms in total. The smallest absolute Gasteiger partial charge is 0.348 e. The number of halogens is 1.